The Labute approximate surface area is 190 Å². The van der Waals surface area contributed by atoms with Crippen LogP contribution in [-0.4, -0.2) is 64.6 Å². The largest absolute Gasteiger partial charge is 0.502 e. The van der Waals surface area contributed by atoms with Gasteiger partial charge in [-0.05, 0) is 42.2 Å². The monoisotopic (exact) mass is 447 g/mol. The topological polar surface area (TPSA) is 95.1 Å². The van der Waals surface area contributed by atoms with Gasteiger partial charge in [-0.15, -0.1) is 0 Å². The number of aromatic amines is 1. The Morgan fingerprint density at radius 1 is 1.03 bits per heavy atom. The number of rotatable bonds is 3. The normalized spacial score (nSPS) is 24.0. The smallest absolute Gasteiger partial charge is 0.246 e. The van der Waals surface area contributed by atoms with E-state index in [2.05, 4.69) is 4.98 Å². The standard InChI is InChI=1S/C25H25N3O5/c1-32-19-10-13(11-20(33-2)23(19)29)22-21-15(14-6-3-4-7-16(14)26-21)12-18-24(30)27-9-5-8-17(27)25(31)28(18)22/h3-4,6-7,10-11,17-18,22,26,29H,5,8-9,12H2,1-2H3/t17-,18-,22+/m0/s1. The van der Waals surface area contributed by atoms with Crippen molar-refractivity contribution in [3.8, 4) is 17.2 Å². The van der Waals surface area contributed by atoms with E-state index in [0.717, 1.165) is 28.6 Å². The van der Waals surface area contributed by atoms with Gasteiger partial charge < -0.3 is 29.4 Å². The summed E-state index contributed by atoms with van der Waals surface area (Å²) in [6.45, 7) is 0.631. The van der Waals surface area contributed by atoms with Gasteiger partial charge in [-0.2, -0.15) is 0 Å². The van der Waals surface area contributed by atoms with Crippen LogP contribution in [-0.2, 0) is 16.0 Å². The molecule has 0 radical (unpaired) electrons. The van der Waals surface area contributed by atoms with E-state index in [-0.39, 0.29) is 29.1 Å². The zero-order valence-corrected chi connectivity index (χ0v) is 18.5. The Morgan fingerprint density at radius 3 is 2.48 bits per heavy atom. The molecule has 0 unspecified atom stereocenters. The van der Waals surface area contributed by atoms with Crippen LogP contribution in [0.25, 0.3) is 10.9 Å². The molecule has 8 nitrogen and oxygen atoms in total. The Hall–Kier alpha value is -3.68. The Morgan fingerprint density at radius 2 is 1.76 bits per heavy atom. The molecule has 0 bridgehead atoms. The van der Waals surface area contributed by atoms with Crippen molar-refractivity contribution >= 4 is 22.7 Å². The van der Waals surface area contributed by atoms with Crippen molar-refractivity contribution in [2.45, 2.75) is 37.4 Å². The van der Waals surface area contributed by atoms with Crippen LogP contribution in [0.4, 0.5) is 0 Å². The molecule has 2 aromatic carbocycles. The molecule has 3 aliphatic heterocycles. The zero-order chi connectivity index (χ0) is 22.9. The summed E-state index contributed by atoms with van der Waals surface area (Å²) >= 11 is 0. The number of amides is 2. The molecule has 6 rings (SSSR count). The summed E-state index contributed by atoms with van der Waals surface area (Å²) in [5.74, 6) is 0.383. The summed E-state index contributed by atoms with van der Waals surface area (Å²) < 4.78 is 10.8. The number of carbonyl (C=O) groups excluding carboxylic acids is 2. The van der Waals surface area contributed by atoms with Crippen LogP contribution in [0.3, 0.4) is 0 Å². The minimum Gasteiger partial charge on any atom is -0.502 e. The van der Waals surface area contributed by atoms with Gasteiger partial charge in [0.15, 0.2) is 11.5 Å². The molecule has 0 aliphatic carbocycles. The molecule has 2 fully saturated rings. The van der Waals surface area contributed by atoms with Crippen molar-refractivity contribution < 1.29 is 24.2 Å². The third-order valence-electron chi connectivity index (χ3n) is 7.31. The van der Waals surface area contributed by atoms with Gasteiger partial charge >= 0.3 is 0 Å². The number of phenols is 1. The molecule has 8 heteroatoms. The number of fused-ring (bicyclic) bond motifs is 5. The average Bonchev–Trinajstić information content (AvgIpc) is 3.47. The maximum atomic E-state index is 13.8. The summed E-state index contributed by atoms with van der Waals surface area (Å²) in [6, 6.07) is 9.91. The number of nitrogens with zero attached hydrogens (tertiary/aromatic N) is 2. The number of ether oxygens (including phenoxy) is 2. The molecule has 2 saturated heterocycles. The van der Waals surface area contributed by atoms with E-state index < -0.39 is 18.1 Å². The van der Waals surface area contributed by atoms with Crippen LogP contribution in [0.2, 0.25) is 0 Å². The third-order valence-corrected chi connectivity index (χ3v) is 7.31. The fourth-order valence-corrected chi connectivity index (χ4v) is 5.82. The van der Waals surface area contributed by atoms with Gasteiger partial charge in [-0.1, -0.05) is 18.2 Å². The molecule has 3 aromatic rings. The van der Waals surface area contributed by atoms with E-state index in [1.165, 1.54) is 14.2 Å². The number of hydrogen-bond acceptors (Lipinski definition) is 5. The van der Waals surface area contributed by atoms with Gasteiger partial charge in [0.1, 0.15) is 12.1 Å². The van der Waals surface area contributed by atoms with Crippen molar-refractivity contribution in [3.05, 3.63) is 53.2 Å². The van der Waals surface area contributed by atoms with E-state index in [9.17, 15) is 14.7 Å². The minimum atomic E-state index is -0.575. The molecule has 33 heavy (non-hydrogen) atoms. The van der Waals surface area contributed by atoms with E-state index >= 15 is 0 Å². The molecule has 0 spiro atoms. The molecule has 3 aliphatic rings. The molecule has 170 valence electrons. The number of piperazine rings is 1. The molecule has 2 N–H and O–H groups in total. The number of hydrogen-bond donors (Lipinski definition) is 2. The Bertz CT molecular complexity index is 1270. The molecule has 1 aromatic heterocycles. The average molecular weight is 447 g/mol. The highest BCUT2D eigenvalue weighted by atomic mass is 16.5. The summed E-state index contributed by atoms with van der Waals surface area (Å²) in [6.07, 6.45) is 1.99. The van der Waals surface area contributed by atoms with Crippen molar-refractivity contribution in [3.63, 3.8) is 0 Å². The highest BCUT2D eigenvalue weighted by molar-refractivity contribution is 5.99. The van der Waals surface area contributed by atoms with Gasteiger partial charge in [-0.25, -0.2) is 0 Å². The molecule has 2 amide bonds. The molecule has 4 heterocycles. The van der Waals surface area contributed by atoms with E-state index in [1.54, 1.807) is 21.9 Å². The lowest BCUT2D eigenvalue weighted by molar-refractivity contribution is -0.162. The maximum Gasteiger partial charge on any atom is 0.246 e. The number of aromatic nitrogens is 1. The van der Waals surface area contributed by atoms with Crippen LogP contribution in [0.15, 0.2) is 36.4 Å². The lowest BCUT2D eigenvalue weighted by atomic mass is 9.85. The molecule has 3 atom stereocenters. The first-order chi connectivity index (χ1) is 16.0. The zero-order valence-electron chi connectivity index (χ0n) is 18.5. The van der Waals surface area contributed by atoms with Gasteiger partial charge in [0, 0.05) is 29.6 Å². The Balaban J connectivity index is 1.61. The van der Waals surface area contributed by atoms with Crippen molar-refractivity contribution in [2.75, 3.05) is 20.8 Å². The lowest BCUT2D eigenvalue weighted by Crippen LogP contribution is -2.65. The number of para-hydroxylation sites is 1. The first-order valence-corrected chi connectivity index (χ1v) is 11.2. The molecular formula is C25H25N3O5. The quantitative estimate of drug-likeness (QED) is 0.644. The van der Waals surface area contributed by atoms with E-state index in [0.29, 0.717) is 24.9 Å². The minimum absolute atomic E-state index is 0.00994. The number of carbonyl (C=O) groups is 2. The summed E-state index contributed by atoms with van der Waals surface area (Å²) in [5.41, 5.74) is 3.61. The third kappa shape index (κ3) is 2.70. The van der Waals surface area contributed by atoms with Crippen LogP contribution < -0.4 is 9.47 Å². The van der Waals surface area contributed by atoms with Crippen molar-refractivity contribution in [2.24, 2.45) is 0 Å². The highest BCUT2D eigenvalue weighted by Crippen LogP contribution is 2.47. The number of aromatic hydroxyl groups is 1. The fourth-order valence-electron chi connectivity index (χ4n) is 5.82. The maximum absolute atomic E-state index is 13.8. The number of phenolic OH excluding ortho intramolecular Hbond substituents is 1. The predicted octanol–water partition coefficient (Wildman–Crippen LogP) is 2.74. The number of benzene rings is 2. The second kappa shape index (κ2) is 7.16. The molecular weight excluding hydrogens is 422 g/mol. The first kappa shape index (κ1) is 20.0. The van der Waals surface area contributed by atoms with Crippen molar-refractivity contribution in [1.82, 2.24) is 14.8 Å². The van der Waals surface area contributed by atoms with E-state index in [1.807, 2.05) is 24.3 Å². The van der Waals surface area contributed by atoms with Crippen LogP contribution >= 0.6 is 0 Å². The lowest BCUT2D eigenvalue weighted by Gasteiger charge is -2.48. The van der Waals surface area contributed by atoms with Gasteiger partial charge in [0.2, 0.25) is 17.6 Å². The second-order valence-electron chi connectivity index (χ2n) is 8.89. The second-order valence-corrected chi connectivity index (χ2v) is 8.89. The van der Waals surface area contributed by atoms with Crippen LogP contribution in [0, 0.1) is 0 Å². The van der Waals surface area contributed by atoms with E-state index in [4.69, 9.17) is 9.47 Å². The van der Waals surface area contributed by atoms with Crippen LogP contribution in [0.5, 0.6) is 17.2 Å². The molecule has 0 saturated carbocycles. The summed E-state index contributed by atoms with van der Waals surface area (Å²) in [4.78, 5) is 34.4. The number of nitrogens with one attached hydrogen (secondary N) is 1. The summed E-state index contributed by atoms with van der Waals surface area (Å²) in [7, 11) is 2.95. The van der Waals surface area contributed by atoms with Crippen molar-refractivity contribution in [1.29, 1.82) is 0 Å². The SMILES string of the molecule is COc1cc([C@@H]2c3[nH]c4ccccc4c3C[C@H]3C(=O)N4CCC[C@H]4C(=O)N23)cc(OC)c1O. The summed E-state index contributed by atoms with van der Waals surface area (Å²) in [5, 5.41) is 11.5. The predicted molar refractivity (Wildman–Crippen MR) is 120 cm³/mol. The number of H-pyrrole nitrogens is 1. The van der Waals surface area contributed by atoms with Crippen LogP contribution in [0.1, 0.15) is 35.7 Å². The highest BCUT2D eigenvalue weighted by Gasteiger charge is 2.53. The van der Waals surface area contributed by atoms with Gasteiger partial charge in [0.05, 0.1) is 20.3 Å². The fraction of sp³-hybridized carbons (Fsp3) is 0.360. The first-order valence-electron chi connectivity index (χ1n) is 11.2. The van der Waals surface area contributed by atoms with Gasteiger partial charge in [-0.3, -0.25) is 9.59 Å². The number of methoxy groups -OCH3 is 2. The van der Waals surface area contributed by atoms with Gasteiger partial charge in [0.25, 0.3) is 0 Å². The Kier molecular flexibility index (Phi) is 4.33.